The van der Waals surface area contributed by atoms with Gasteiger partial charge in [0, 0.05) is 30.4 Å². The normalized spacial score (nSPS) is 15.7. The molecule has 8 heteroatoms. The second-order valence-electron chi connectivity index (χ2n) is 4.74. The molecule has 0 radical (unpaired) electrons. The molecule has 1 amide bonds. The maximum Gasteiger partial charge on any atom is 0.271 e. The number of thiazole rings is 1. The van der Waals surface area contributed by atoms with Gasteiger partial charge in [0.05, 0.1) is 0 Å². The van der Waals surface area contributed by atoms with Gasteiger partial charge in [-0.3, -0.25) is 14.0 Å². The van der Waals surface area contributed by atoms with Gasteiger partial charge >= 0.3 is 0 Å². The van der Waals surface area contributed by atoms with Gasteiger partial charge in [-0.2, -0.15) is 0 Å². The third-order valence-electron chi connectivity index (χ3n) is 3.31. The minimum absolute atomic E-state index is 0. The number of hydrogen-bond donors (Lipinski definition) is 2. The zero-order valence-electron chi connectivity index (χ0n) is 10.6. The van der Waals surface area contributed by atoms with Gasteiger partial charge in [0.1, 0.15) is 5.56 Å². The van der Waals surface area contributed by atoms with Crippen molar-refractivity contribution in [3.8, 4) is 0 Å². The molecule has 2 heterocycles. The molecule has 1 fully saturated rings. The van der Waals surface area contributed by atoms with Crippen LogP contribution in [-0.4, -0.2) is 27.9 Å². The maximum absolute atomic E-state index is 12.1. The molecular formula is C12H15ClN4O2S. The van der Waals surface area contributed by atoms with Gasteiger partial charge < -0.3 is 11.1 Å². The van der Waals surface area contributed by atoms with Crippen LogP contribution >= 0.6 is 23.7 Å². The highest BCUT2D eigenvalue weighted by atomic mass is 35.5. The predicted molar refractivity (Wildman–Crippen MR) is 79.6 cm³/mol. The Hall–Kier alpha value is -1.44. The van der Waals surface area contributed by atoms with E-state index >= 15 is 0 Å². The van der Waals surface area contributed by atoms with Gasteiger partial charge in [-0.05, 0) is 18.8 Å². The number of halogens is 1. The van der Waals surface area contributed by atoms with Gasteiger partial charge in [0.2, 0.25) is 0 Å². The first-order valence-corrected chi connectivity index (χ1v) is 7.03. The summed E-state index contributed by atoms with van der Waals surface area (Å²) in [6.07, 6.45) is 5.19. The fourth-order valence-electron chi connectivity index (χ4n) is 1.98. The summed E-state index contributed by atoms with van der Waals surface area (Å²) in [5, 5.41) is 4.46. The van der Waals surface area contributed by atoms with Crippen LogP contribution in [0.4, 0.5) is 0 Å². The summed E-state index contributed by atoms with van der Waals surface area (Å²) >= 11 is 1.35. The minimum Gasteiger partial charge on any atom is -0.350 e. The summed E-state index contributed by atoms with van der Waals surface area (Å²) in [4.78, 5) is 28.7. The standard InChI is InChI=1S/C12H14N4O2S.ClH/c13-9(7-1-2-7)6-14-10(17)8-5-15-12-16(11(8)18)3-4-19-12;/h3-5,7,9H,1-2,6,13H2,(H,14,17);1H. The van der Waals surface area contributed by atoms with Gasteiger partial charge in [-0.25, -0.2) is 4.98 Å². The quantitative estimate of drug-likeness (QED) is 0.867. The minimum atomic E-state index is -0.408. The molecule has 3 N–H and O–H groups in total. The lowest BCUT2D eigenvalue weighted by Gasteiger charge is -2.11. The van der Waals surface area contributed by atoms with Gasteiger partial charge in [0.15, 0.2) is 4.96 Å². The first-order chi connectivity index (χ1) is 9.16. The lowest BCUT2D eigenvalue weighted by atomic mass is 10.2. The number of nitrogens with one attached hydrogen (secondary N) is 1. The summed E-state index contributed by atoms with van der Waals surface area (Å²) in [6.45, 7) is 0.398. The Morgan fingerprint density at radius 3 is 3.05 bits per heavy atom. The molecule has 1 aliphatic carbocycles. The number of carbonyl (C=O) groups excluding carboxylic acids is 1. The number of carbonyl (C=O) groups is 1. The molecule has 1 atom stereocenters. The van der Waals surface area contributed by atoms with E-state index in [1.165, 1.54) is 21.9 Å². The highest BCUT2D eigenvalue weighted by molar-refractivity contribution is 7.15. The zero-order chi connectivity index (χ0) is 13.4. The van der Waals surface area contributed by atoms with Crippen molar-refractivity contribution in [3.63, 3.8) is 0 Å². The fraction of sp³-hybridized carbons (Fsp3) is 0.417. The monoisotopic (exact) mass is 314 g/mol. The summed E-state index contributed by atoms with van der Waals surface area (Å²) in [7, 11) is 0. The lowest BCUT2D eigenvalue weighted by molar-refractivity contribution is 0.0948. The van der Waals surface area contributed by atoms with Crippen LogP contribution in [0, 0.1) is 5.92 Å². The summed E-state index contributed by atoms with van der Waals surface area (Å²) in [5.41, 5.74) is 5.62. The van der Waals surface area contributed by atoms with Crippen molar-refractivity contribution >= 4 is 34.6 Å². The van der Waals surface area contributed by atoms with Crippen LogP contribution in [0.1, 0.15) is 23.2 Å². The first kappa shape index (κ1) is 15.0. The summed E-state index contributed by atoms with van der Waals surface area (Å²) in [5.74, 6) is 0.105. The van der Waals surface area contributed by atoms with Crippen molar-refractivity contribution in [1.29, 1.82) is 0 Å². The largest absolute Gasteiger partial charge is 0.350 e. The number of rotatable bonds is 4. The van der Waals surface area contributed by atoms with Crippen molar-refractivity contribution in [2.24, 2.45) is 11.7 Å². The number of hydrogen-bond acceptors (Lipinski definition) is 5. The van der Waals surface area contributed by atoms with Crippen molar-refractivity contribution in [3.05, 3.63) is 33.7 Å². The van der Waals surface area contributed by atoms with Crippen LogP contribution in [0.2, 0.25) is 0 Å². The molecule has 0 saturated heterocycles. The van der Waals surface area contributed by atoms with Gasteiger partial charge in [-0.1, -0.05) is 0 Å². The molecule has 2 aromatic heterocycles. The molecule has 0 spiro atoms. The number of nitrogens with zero attached hydrogens (tertiary/aromatic N) is 2. The predicted octanol–water partition coefficient (Wildman–Crippen LogP) is 0.645. The van der Waals surface area contributed by atoms with Crippen molar-refractivity contribution in [2.45, 2.75) is 18.9 Å². The third-order valence-corrected chi connectivity index (χ3v) is 4.08. The van der Waals surface area contributed by atoms with Crippen molar-refractivity contribution < 1.29 is 4.79 Å². The number of nitrogens with two attached hydrogens (primary N) is 1. The van der Waals surface area contributed by atoms with Crippen LogP contribution in [0.5, 0.6) is 0 Å². The van der Waals surface area contributed by atoms with Crippen LogP contribution in [0.25, 0.3) is 4.96 Å². The van der Waals surface area contributed by atoms with E-state index in [4.69, 9.17) is 5.73 Å². The number of aromatic nitrogens is 2. The molecule has 1 unspecified atom stereocenters. The average Bonchev–Trinajstić information content (AvgIpc) is 3.14. The summed E-state index contributed by atoms with van der Waals surface area (Å²) in [6, 6.07) is -0.0236. The third kappa shape index (κ3) is 2.84. The lowest BCUT2D eigenvalue weighted by Crippen LogP contribution is -2.40. The van der Waals surface area contributed by atoms with Crippen LogP contribution in [0.3, 0.4) is 0 Å². The van der Waals surface area contributed by atoms with E-state index < -0.39 is 5.91 Å². The average molecular weight is 315 g/mol. The van der Waals surface area contributed by atoms with Gasteiger partial charge in [-0.15, -0.1) is 23.7 Å². The van der Waals surface area contributed by atoms with E-state index in [0.717, 1.165) is 12.8 Å². The molecule has 1 aliphatic rings. The molecule has 0 aliphatic heterocycles. The highest BCUT2D eigenvalue weighted by Gasteiger charge is 2.28. The molecule has 108 valence electrons. The molecule has 0 aromatic carbocycles. The van der Waals surface area contributed by atoms with E-state index in [9.17, 15) is 9.59 Å². The number of fused-ring (bicyclic) bond motifs is 1. The highest BCUT2D eigenvalue weighted by Crippen LogP contribution is 2.31. The Labute approximate surface area is 125 Å². The Balaban J connectivity index is 0.00000147. The molecule has 0 bridgehead atoms. The van der Waals surface area contributed by atoms with E-state index in [-0.39, 0.29) is 29.6 Å². The Morgan fingerprint density at radius 1 is 1.60 bits per heavy atom. The van der Waals surface area contributed by atoms with E-state index in [2.05, 4.69) is 10.3 Å². The molecule has 20 heavy (non-hydrogen) atoms. The van der Waals surface area contributed by atoms with E-state index in [1.807, 2.05) is 0 Å². The van der Waals surface area contributed by atoms with Crippen LogP contribution < -0.4 is 16.6 Å². The SMILES string of the molecule is Cl.NC(CNC(=O)c1cnc2sccn2c1=O)C1CC1. The van der Waals surface area contributed by atoms with Crippen molar-refractivity contribution in [1.82, 2.24) is 14.7 Å². The molecule has 3 rings (SSSR count). The molecule has 2 aromatic rings. The molecular weight excluding hydrogens is 300 g/mol. The maximum atomic E-state index is 12.1. The second kappa shape index (κ2) is 5.90. The Bertz CT molecular complexity index is 679. The zero-order valence-corrected chi connectivity index (χ0v) is 12.2. The number of amides is 1. The van der Waals surface area contributed by atoms with E-state index in [1.54, 1.807) is 11.6 Å². The van der Waals surface area contributed by atoms with Crippen molar-refractivity contribution in [2.75, 3.05) is 6.54 Å². The smallest absolute Gasteiger partial charge is 0.271 e. The fourth-order valence-corrected chi connectivity index (χ4v) is 2.65. The second-order valence-corrected chi connectivity index (χ2v) is 5.62. The Morgan fingerprint density at radius 2 is 2.35 bits per heavy atom. The first-order valence-electron chi connectivity index (χ1n) is 6.15. The van der Waals surface area contributed by atoms with E-state index in [0.29, 0.717) is 17.4 Å². The Kier molecular flexibility index (Phi) is 4.42. The van der Waals surface area contributed by atoms with Crippen LogP contribution in [-0.2, 0) is 0 Å². The summed E-state index contributed by atoms with van der Waals surface area (Å²) < 4.78 is 1.38. The van der Waals surface area contributed by atoms with Gasteiger partial charge in [0.25, 0.3) is 11.5 Å². The topological polar surface area (TPSA) is 89.5 Å². The molecule has 1 saturated carbocycles. The molecule has 6 nitrogen and oxygen atoms in total. The van der Waals surface area contributed by atoms with Crippen LogP contribution in [0.15, 0.2) is 22.6 Å².